The van der Waals surface area contributed by atoms with E-state index in [0.29, 0.717) is 11.6 Å². The highest BCUT2D eigenvalue weighted by Gasteiger charge is 2.17. The normalized spacial score (nSPS) is 10.4. The van der Waals surface area contributed by atoms with Gasteiger partial charge in [0, 0.05) is 18.1 Å². The molecule has 3 aromatic rings. The third-order valence-corrected chi connectivity index (χ3v) is 3.04. The number of hydrogen-bond donors (Lipinski definition) is 0. The van der Waals surface area contributed by atoms with Crippen LogP contribution < -0.4 is 0 Å². The van der Waals surface area contributed by atoms with E-state index in [0.717, 1.165) is 11.1 Å². The lowest BCUT2D eigenvalue weighted by molar-refractivity contribution is 0.0940. The highest BCUT2D eigenvalue weighted by Crippen LogP contribution is 2.24. The molecule has 0 aliphatic heterocycles. The Labute approximate surface area is 116 Å². The molecule has 0 bridgehead atoms. The lowest BCUT2D eigenvalue weighted by Gasteiger charge is -2.06. The van der Waals surface area contributed by atoms with Gasteiger partial charge in [0.15, 0.2) is 11.6 Å². The minimum absolute atomic E-state index is 0.104. The summed E-state index contributed by atoms with van der Waals surface area (Å²) in [7, 11) is 0. The zero-order valence-corrected chi connectivity index (χ0v) is 11.0. The number of carbonyl (C=O) groups is 1. The smallest absolute Gasteiger partial charge is 0.230 e. The van der Waals surface area contributed by atoms with Crippen molar-refractivity contribution in [2.75, 3.05) is 0 Å². The zero-order valence-electron chi connectivity index (χ0n) is 11.0. The van der Waals surface area contributed by atoms with Gasteiger partial charge < -0.3 is 0 Å². The van der Waals surface area contributed by atoms with Gasteiger partial charge in [0.1, 0.15) is 0 Å². The van der Waals surface area contributed by atoms with E-state index in [1.807, 2.05) is 60.7 Å². The first-order valence-corrected chi connectivity index (χ1v) is 6.34. The second kappa shape index (κ2) is 5.09. The van der Waals surface area contributed by atoms with Crippen molar-refractivity contribution < 1.29 is 4.79 Å². The first kappa shape index (κ1) is 12.3. The van der Waals surface area contributed by atoms with Crippen LogP contribution in [-0.2, 0) is 0 Å². The summed E-state index contributed by atoms with van der Waals surface area (Å²) in [6, 6.07) is 19.2. The number of carbonyl (C=O) groups excluding carboxylic acids is 1. The Bertz CT molecular complexity index is 676. The fourth-order valence-corrected chi connectivity index (χ4v) is 2.13. The van der Waals surface area contributed by atoms with Crippen LogP contribution in [0.1, 0.15) is 11.7 Å². The highest BCUT2D eigenvalue weighted by atomic mass is 16.2. The van der Waals surface area contributed by atoms with Crippen LogP contribution in [-0.4, -0.2) is 20.7 Å². The fraction of sp³-hybridized carbons (Fsp3) is 0.0625. The van der Waals surface area contributed by atoms with E-state index < -0.39 is 0 Å². The largest absolute Gasteiger partial charge is 0.274 e. The van der Waals surface area contributed by atoms with Crippen LogP contribution in [0.4, 0.5) is 0 Å². The van der Waals surface area contributed by atoms with Crippen LogP contribution in [0.15, 0.2) is 60.7 Å². The molecule has 4 nitrogen and oxygen atoms in total. The number of hydrogen-bond acceptors (Lipinski definition) is 3. The van der Waals surface area contributed by atoms with Crippen molar-refractivity contribution in [3.63, 3.8) is 0 Å². The molecular formula is C16H13N3O. The second-order valence-corrected chi connectivity index (χ2v) is 4.43. The Morgan fingerprint density at radius 3 is 1.55 bits per heavy atom. The van der Waals surface area contributed by atoms with E-state index in [1.54, 1.807) is 4.57 Å². The number of nitrogens with zero attached hydrogens (tertiary/aromatic N) is 3. The topological polar surface area (TPSA) is 47.8 Å². The molecule has 0 spiro atoms. The van der Waals surface area contributed by atoms with Gasteiger partial charge in [0.2, 0.25) is 5.91 Å². The molecule has 3 rings (SSSR count). The Balaban J connectivity index is 2.20. The maximum Gasteiger partial charge on any atom is 0.230 e. The van der Waals surface area contributed by atoms with Crippen LogP contribution in [0.2, 0.25) is 0 Å². The summed E-state index contributed by atoms with van der Waals surface area (Å²) in [6.45, 7) is 1.52. The molecule has 0 N–H and O–H groups in total. The number of rotatable bonds is 2. The van der Waals surface area contributed by atoms with E-state index in [4.69, 9.17) is 0 Å². The first-order valence-electron chi connectivity index (χ1n) is 6.34. The predicted octanol–water partition coefficient (Wildman–Crippen LogP) is 3.27. The Morgan fingerprint density at radius 1 is 0.800 bits per heavy atom. The molecular weight excluding hydrogens is 250 g/mol. The van der Waals surface area contributed by atoms with E-state index >= 15 is 0 Å². The molecule has 0 amide bonds. The van der Waals surface area contributed by atoms with Crippen molar-refractivity contribution in [2.45, 2.75) is 6.92 Å². The van der Waals surface area contributed by atoms with Gasteiger partial charge >= 0.3 is 0 Å². The van der Waals surface area contributed by atoms with Crippen molar-refractivity contribution in [1.29, 1.82) is 0 Å². The molecule has 0 unspecified atom stereocenters. The Hall–Kier alpha value is -2.75. The minimum atomic E-state index is -0.104. The zero-order chi connectivity index (χ0) is 13.9. The van der Waals surface area contributed by atoms with Gasteiger partial charge in [-0.3, -0.25) is 4.79 Å². The third-order valence-electron chi connectivity index (χ3n) is 3.04. The average Bonchev–Trinajstić information content (AvgIpc) is 2.94. The van der Waals surface area contributed by atoms with Crippen LogP contribution >= 0.6 is 0 Å². The van der Waals surface area contributed by atoms with E-state index in [-0.39, 0.29) is 5.91 Å². The van der Waals surface area contributed by atoms with Gasteiger partial charge in [-0.05, 0) is 0 Å². The molecule has 0 aliphatic carbocycles. The maximum atomic E-state index is 12.0. The first-order chi connectivity index (χ1) is 9.77. The van der Waals surface area contributed by atoms with E-state index in [9.17, 15) is 4.79 Å². The van der Waals surface area contributed by atoms with Gasteiger partial charge in [-0.2, -0.15) is 0 Å². The predicted molar refractivity (Wildman–Crippen MR) is 77.2 cm³/mol. The molecule has 0 saturated carbocycles. The van der Waals surface area contributed by atoms with Gasteiger partial charge in [-0.1, -0.05) is 60.7 Å². The summed E-state index contributed by atoms with van der Waals surface area (Å²) in [6.07, 6.45) is 0. The van der Waals surface area contributed by atoms with Crippen LogP contribution in [0.25, 0.3) is 22.8 Å². The van der Waals surface area contributed by atoms with Gasteiger partial charge in [0.05, 0.1) is 0 Å². The summed E-state index contributed by atoms with van der Waals surface area (Å²) < 4.78 is 1.55. The molecule has 1 heterocycles. The standard InChI is InChI=1S/C16H13N3O/c1-12(20)19-15(13-8-4-2-5-9-13)17-18-16(19)14-10-6-3-7-11-14/h2-11H,1H3. The lowest BCUT2D eigenvalue weighted by atomic mass is 10.2. The highest BCUT2D eigenvalue weighted by molar-refractivity contribution is 5.85. The maximum absolute atomic E-state index is 12.0. The van der Waals surface area contributed by atoms with Crippen molar-refractivity contribution >= 4 is 5.91 Å². The average molecular weight is 263 g/mol. The van der Waals surface area contributed by atoms with Crippen molar-refractivity contribution in [3.8, 4) is 22.8 Å². The molecule has 0 atom stereocenters. The minimum Gasteiger partial charge on any atom is -0.274 e. The number of benzene rings is 2. The summed E-state index contributed by atoms with van der Waals surface area (Å²) in [4.78, 5) is 12.0. The summed E-state index contributed by atoms with van der Waals surface area (Å²) in [5.41, 5.74) is 1.75. The van der Waals surface area contributed by atoms with Gasteiger partial charge in [0.25, 0.3) is 0 Å². The Kier molecular flexibility index (Phi) is 3.13. The molecule has 0 fully saturated rings. The third kappa shape index (κ3) is 2.12. The summed E-state index contributed by atoms with van der Waals surface area (Å²) in [5.74, 6) is 1.03. The quantitative estimate of drug-likeness (QED) is 0.713. The summed E-state index contributed by atoms with van der Waals surface area (Å²) >= 11 is 0. The fourth-order valence-electron chi connectivity index (χ4n) is 2.13. The second-order valence-electron chi connectivity index (χ2n) is 4.43. The molecule has 0 aliphatic rings. The lowest BCUT2D eigenvalue weighted by Crippen LogP contribution is -2.09. The van der Waals surface area contributed by atoms with Crippen molar-refractivity contribution in [3.05, 3.63) is 60.7 Å². The molecule has 1 aromatic heterocycles. The van der Waals surface area contributed by atoms with Crippen LogP contribution in [0.5, 0.6) is 0 Å². The number of aromatic nitrogens is 3. The van der Waals surface area contributed by atoms with Crippen LogP contribution in [0, 0.1) is 0 Å². The molecule has 98 valence electrons. The van der Waals surface area contributed by atoms with Crippen LogP contribution in [0.3, 0.4) is 0 Å². The molecule has 20 heavy (non-hydrogen) atoms. The van der Waals surface area contributed by atoms with Gasteiger partial charge in [-0.25, -0.2) is 4.57 Å². The molecule has 0 saturated heterocycles. The van der Waals surface area contributed by atoms with Gasteiger partial charge in [-0.15, -0.1) is 10.2 Å². The van der Waals surface area contributed by atoms with Crippen molar-refractivity contribution in [1.82, 2.24) is 14.8 Å². The van der Waals surface area contributed by atoms with E-state index in [1.165, 1.54) is 6.92 Å². The molecule has 4 heteroatoms. The Morgan fingerprint density at radius 2 is 1.20 bits per heavy atom. The summed E-state index contributed by atoms with van der Waals surface area (Å²) in [5, 5.41) is 8.35. The monoisotopic (exact) mass is 263 g/mol. The van der Waals surface area contributed by atoms with Crippen molar-refractivity contribution in [2.24, 2.45) is 0 Å². The van der Waals surface area contributed by atoms with E-state index in [2.05, 4.69) is 10.2 Å². The molecule has 2 aromatic carbocycles. The molecule has 0 radical (unpaired) electrons. The SMILES string of the molecule is CC(=O)n1c(-c2ccccc2)nnc1-c1ccccc1.